The van der Waals surface area contributed by atoms with Gasteiger partial charge >= 0.3 is 12.1 Å². The summed E-state index contributed by atoms with van der Waals surface area (Å²) in [5.41, 5.74) is 0.905. The fourth-order valence-electron chi connectivity index (χ4n) is 3.74. The molecule has 0 unspecified atom stereocenters. The maximum absolute atomic E-state index is 12.4. The van der Waals surface area contributed by atoms with Crippen molar-refractivity contribution in [2.75, 3.05) is 0 Å². The summed E-state index contributed by atoms with van der Waals surface area (Å²) >= 11 is 0. The molecular weight excluding hydrogens is 282 g/mol. The van der Waals surface area contributed by atoms with Crippen LogP contribution in [0.15, 0.2) is 30.3 Å². The van der Waals surface area contributed by atoms with Gasteiger partial charge in [-0.1, -0.05) is 43.2 Å². The lowest BCUT2D eigenvalue weighted by Crippen LogP contribution is -2.46. The molecule has 5 nitrogen and oxygen atoms in total. The Morgan fingerprint density at radius 1 is 1.18 bits per heavy atom. The number of carboxylic acid groups (broad SMARTS) is 1. The minimum Gasteiger partial charge on any atom is -0.480 e. The highest BCUT2D eigenvalue weighted by atomic mass is 16.6. The average molecular weight is 303 g/mol. The number of carboxylic acids is 1. The number of nitrogens with zero attached hydrogens (tertiary/aromatic N) is 1. The second-order valence-corrected chi connectivity index (χ2v) is 6.15. The van der Waals surface area contributed by atoms with Gasteiger partial charge in [0.2, 0.25) is 0 Å². The number of fused-ring (bicyclic) bond motifs is 1. The Labute approximate surface area is 129 Å². The van der Waals surface area contributed by atoms with E-state index in [2.05, 4.69) is 0 Å². The van der Waals surface area contributed by atoms with Crippen LogP contribution in [0, 0.1) is 5.92 Å². The van der Waals surface area contributed by atoms with Gasteiger partial charge in [-0.05, 0) is 30.7 Å². The molecule has 1 heterocycles. The number of rotatable bonds is 3. The van der Waals surface area contributed by atoms with E-state index in [4.69, 9.17) is 4.74 Å². The van der Waals surface area contributed by atoms with E-state index in [9.17, 15) is 14.7 Å². The first-order valence-electron chi connectivity index (χ1n) is 7.88. The molecule has 1 aliphatic carbocycles. The van der Waals surface area contributed by atoms with E-state index in [1.807, 2.05) is 30.3 Å². The molecule has 3 atom stereocenters. The number of hydrogen-bond acceptors (Lipinski definition) is 3. The zero-order valence-corrected chi connectivity index (χ0v) is 12.5. The molecule has 2 aliphatic rings. The molecule has 1 amide bonds. The number of carbonyl (C=O) groups is 2. The van der Waals surface area contributed by atoms with Crippen LogP contribution in [0.3, 0.4) is 0 Å². The van der Waals surface area contributed by atoms with Gasteiger partial charge in [-0.3, -0.25) is 4.90 Å². The third-order valence-corrected chi connectivity index (χ3v) is 4.79. The first-order chi connectivity index (χ1) is 10.7. The van der Waals surface area contributed by atoms with E-state index in [0.29, 0.717) is 12.3 Å². The third kappa shape index (κ3) is 2.93. The van der Waals surface area contributed by atoms with Gasteiger partial charge in [0.05, 0.1) is 0 Å². The number of carbonyl (C=O) groups excluding carboxylic acids is 1. The van der Waals surface area contributed by atoms with Crippen molar-refractivity contribution in [3.05, 3.63) is 35.9 Å². The summed E-state index contributed by atoms with van der Waals surface area (Å²) in [4.78, 5) is 25.4. The van der Waals surface area contributed by atoms with E-state index in [0.717, 1.165) is 31.2 Å². The van der Waals surface area contributed by atoms with Gasteiger partial charge in [0.25, 0.3) is 0 Å². The lowest BCUT2D eigenvalue weighted by Gasteiger charge is -2.32. The Morgan fingerprint density at radius 3 is 2.64 bits per heavy atom. The van der Waals surface area contributed by atoms with Gasteiger partial charge in [-0.25, -0.2) is 9.59 Å². The molecule has 5 heteroatoms. The molecule has 1 saturated heterocycles. The van der Waals surface area contributed by atoms with Gasteiger partial charge in [0.15, 0.2) is 0 Å². The number of likely N-dealkylation sites (tertiary alicyclic amines) is 1. The predicted octanol–water partition coefficient (Wildman–Crippen LogP) is 3.04. The Hall–Kier alpha value is -2.04. The van der Waals surface area contributed by atoms with Crippen molar-refractivity contribution in [2.45, 2.75) is 50.8 Å². The largest absolute Gasteiger partial charge is 0.480 e. The summed E-state index contributed by atoms with van der Waals surface area (Å²) in [6.07, 6.45) is 4.13. The molecular formula is C17H21NO4. The van der Waals surface area contributed by atoms with Crippen LogP contribution in [0.1, 0.15) is 37.7 Å². The normalized spacial score (nSPS) is 27.3. The fraction of sp³-hybridized carbons (Fsp3) is 0.529. The lowest BCUT2D eigenvalue weighted by atomic mass is 9.85. The molecule has 118 valence electrons. The van der Waals surface area contributed by atoms with Gasteiger partial charge in [-0.15, -0.1) is 0 Å². The van der Waals surface area contributed by atoms with Crippen molar-refractivity contribution in [3.63, 3.8) is 0 Å². The van der Waals surface area contributed by atoms with Gasteiger partial charge in [0, 0.05) is 6.04 Å². The van der Waals surface area contributed by atoms with Crippen LogP contribution in [-0.2, 0) is 16.1 Å². The van der Waals surface area contributed by atoms with Crippen molar-refractivity contribution in [1.82, 2.24) is 4.90 Å². The zero-order chi connectivity index (χ0) is 15.5. The summed E-state index contributed by atoms with van der Waals surface area (Å²) in [7, 11) is 0. The Bertz CT molecular complexity index is 545. The van der Waals surface area contributed by atoms with Crippen LogP contribution in [0.4, 0.5) is 4.79 Å². The van der Waals surface area contributed by atoms with Gasteiger partial charge in [0.1, 0.15) is 12.6 Å². The van der Waals surface area contributed by atoms with Crippen LogP contribution in [0.25, 0.3) is 0 Å². The van der Waals surface area contributed by atoms with Crippen molar-refractivity contribution in [3.8, 4) is 0 Å². The van der Waals surface area contributed by atoms with E-state index in [1.165, 1.54) is 4.90 Å². The van der Waals surface area contributed by atoms with E-state index < -0.39 is 18.1 Å². The summed E-state index contributed by atoms with van der Waals surface area (Å²) < 4.78 is 5.37. The Morgan fingerprint density at radius 2 is 1.91 bits per heavy atom. The van der Waals surface area contributed by atoms with Crippen molar-refractivity contribution < 1.29 is 19.4 Å². The van der Waals surface area contributed by atoms with Gasteiger partial charge in [-0.2, -0.15) is 0 Å². The maximum Gasteiger partial charge on any atom is 0.411 e. The maximum atomic E-state index is 12.4. The summed E-state index contributed by atoms with van der Waals surface area (Å²) in [6.45, 7) is 0.180. The fourth-order valence-corrected chi connectivity index (χ4v) is 3.74. The standard InChI is InChI=1S/C17H21NO4/c19-16(20)15-10-13-8-4-5-9-14(13)18(15)17(21)22-11-12-6-2-1-3-7-12/h1-3,6-7,13-15H,4-5,8-11H2,(H,19,20)/t13-,14+,15+/m0/s1. The lowest BCUT2D eigenvalue weighted by molar-refractivity contribution is -0.142. The molecule has 1 aliphatic heterocycles. The highest BCUT2D eigenvalue weighted by Gasteiger charge is 2.48. The summed E-state index contributed by atoms with van der Waals surface area (Å²) in [5, 5.41) is 9.42. The predicted molar refractivity (Wildman–Crippen MR) is 80.3 cm³/mol. The van der Waals surface area contributed by atoms with Crippen LogP contribution in [0.5, 0.6) is 0 Å². The summed E-state index contributed by atoms with van der Waals surface area (Å²) in [6, 6.07) is 8.73. The van der Waals surface area contributed by atoms with Gasteiger partial charge < -0.3 is 9.84 Å². The van der Waals surface area contributed by atoms with Crippen molar-refractivity contribution >= 4 is 12.1 Å². The first kappa shape index (κ1) is 14.9. The number of hydrogen-bond donors (Lipinski definition) is 1. The molecule has 0 spiro atoms. The highest BCUT2D eigenvalue weighted by molar-refractivity contribution is 5.81. The van der Waals surface area contributed by atoms with Crippen molar-refractivity contribution in [2.24, 2.45) is 5.92 Å². The SMILES string of the molecule is O=C(O)[C@H]1C[C@@H]2CCCC[C@H]2N1C(=O)OCc1ccccc1. The second kappa shape index (κ2) is 6.38. The molecule has 2 fully saturated rings. The molecule has 0 aromatic heterocycles. The molecule has 1 N–H and O–H groups in total. The molecule has 3 rings (SSSR count). The van der Waals surface area contributed by atoms with Crippen LogP contribution in [-0.4, -0.2) is 34.2 Å². The second-order valence-electron chi connectivity index (χ2n) is 6.15. The van der Waals surface area contributed by atoms with E-state index in [-0.39, 0.29) is 12.6 Å². The molecule has 1 saturated carbocycles. The topological polar surface area (TPSA) is 66.8 Å². The summed E-state index contributed by atoms with van der Waals surface area (Å²) in [5.74, 6) is -0.620. The Kier molecular flexibility index (Phi) is 4.32. The molecule has 22 heavy (non-hydrogen) atoms. The Balaban J connectivity index is 1.69. The average Bonchev–Trinajstić information content (AvgIpc) is 2.93. The molecule has 1 aromatic carbocycles. The van der Waals surface area contributed by atoms with Crippen molar-refractivity contribution in [1.29, 1.82) is 0 Å². The smallest absolute Gasteiger partial charge is 0.411 e. The number of aliphatic carboxylic acids is 1. The monoisotopic (exact) mass is 303 g/mol. The van der Waals surface area contributed by atoms with E-state index >= 15 is 0 Å². The minimum absolute atomic E-state index is 0.0260. The van der Waals surface area contributed by atoms with E-state index in [1.54, 1.807) is 0 Å². The van der Waals surface area contributed by atoms with Crippen LogP contribution in [0.2, 0.25) is 0 Å². The molecule has 0 radical (unpaired) electrons. The number of ether oxygens (including phenoxy) is 1. The first-order valence-corrected chi connectivity index (χ1v) is 7.88. The number of amides is 1. The quantitative estimate of drug-likeness (QED) is 0.932. The number of benzene rings is 1. The molecule has 0 bridgehead atoms. The molecule has 1 aromatic rings. The zero-order valence-electron chi connectivity index (χ0n) is 12.5. The van der Waals surface area contributed by atoms with Crippen LogP contribution < -0.4 is 0 Å². The third-order valence-electron chi connectivity index (χ3n) is 4.79. The minimum atomic E-state index is -0.925. The highest BCUT2D eigenvalue weighted by Crippen LogP contribution is 2.40. The van der Waals surface area contributed by atoms with Crippen LogP contribution >= 0.6 is 0 Å².